The van der Waals surface area contributed by atoms with E-state index in [1.54, 1.807) is 22.7 Å². The van der Waals surface area contributed by atoms with E-state index in [-0.39, 0.29) is 49.2 Å². The van der Waals surface area contributed by atoms with E-state index in [9.17, 15) is 19.5 Å². The number of fused-ring (bicyclic) bond motifs is 3. The van der Waals surface area contributed by atoms with E-state index >= 15 is 0 Å². The van der Waals surface area contributed by atoms with Crippen LogP contribution in [-0.4, -0.2) is 77.9 Å². The summed E-state index contributed by atoms with van der Waals surface area (Å²) >= 11 is 3.35. The summed E-state index contributed by atoms with van der Waals surface area (Å²) < 4.78 is 2.15. The molecule has 2 aliphatic rings. The lowest BCUT2D eigenvalue weighted by molar-refractivity contribution is -0.144. The molecule has 1 fully saturated rings. The summed E-state index contributed by atoms with van der Waals surface area (Å²) in [5, 5.41) is 26.7. The maximum Gasteiger partial charge on any atom is 0.246 e. The van der Waals surface area contributed by atoms with Crippen LogP contribution in [0.1, 0.15) is 129 Å². The highest BCUT2D eigenvalue weighted by Gasteiger charge is 2.44. The molecule has 12 nitrogen and oxygen atoms in total. The van der Waals surface area contributed by atoms with Crippen molar-refractivity contribution in [3.8, 4) is 15.4 Å². The highest BCUT2D eigenvalue weighted by Crippen LogP contribution is 2.39. The zero-order valence-electron chi connectivity index (χ0n) is 36.7. The molecule has 5 aromatic rings. The first-order valence-electron chi connectivity index (χ1n) is 21.3. The maximum absolute atomic E-state index is 14.1. The van der Waals surface area contributed by atoms with Gasteiger partial charge < -0.3 is 20.6 Å². The molecule has 5 heterocycles. The number of hydrogen-bond acceptors (Lipinski definition) is 10. The van der Waals surface area contributed by atoms with Gasteiger partial charge in [0.15, 0.2) is 5.82 Å². The number of carbonyl (C=O) groups is 3. The number of nitrogens with one attached hydrogen (secondary N) is 2. The Kier molecular flexibility index (Phi) is 13.1. The zero-order valence-corrected chi connectivity index (χ0v) is 38.3. The van der Waals surface area contributed by atoms with Crippen molar-refractivity contribution in [3.05, 3.63) is 104 Å². The van der Waals surface area contributed by atoms with Gasteiger partial charge in [0, 0.05) is 35.4 Å². The van der Waals surface area contributed by atoms with Crippen molar-refractivity contribution in [2.75, 3.05) is 6.54 Å². The van der Waals surface area contributed by atoms with Gasteiger partial charge in [-0.05, 0) is 88.5 Å². The SMILES string of the molecule is Cc1ncsc1-c1ccc(C(C)NC(=O)[C@@H]2C[C@@H](O)CN2C(=O)C(NC(=O)CCCCCc2ccc(C3=N[C@@H](C)c4nnc(C)n4-c4sc(C)c(C)c43)cc2)C(C)(C)C)cc1. The number of unbranched alkanes of at least 4 members (excludes halogenated alkanes) is 2. The van der Waals surface area contributed by atoms with E-state index in [0.29, 0.717) is 6.42 Å². The molecule has 3 aromatic heterocycles. The maximum atomic E-state index is 14.1. The average molecular weight is 863 g/mol. The number of rotatable bonds is 13. The monoisotopic (exact) mass is 862 g/mol. The minimum Gasteiger partial charge on any atom is -0.391 e. The fourth-order valence-corrected chi connectivity index (χ4v) is 10.4. The fourth-order valence-electron chi connectivity index (χ4n) is 8.35. The van der Waals surface area contributed by atoms with Gasteiger partial charge in [0.25, 0.3) is 0 Å². The summed E-state index contributed by atoms with van der Waals surface area (Å²) in [6.07, 6.45) is 2.92. The molecule has 3 amide bonds. The number of nitrogens with zero attached hydrogens (tertiary/aromatic N) is 6. The minimum absolute atomic E-state index is 0.0303. The van der Waals surface area contributed by atoms with Gasteiger partial charge in [-0.3, -0.25) is 23.9 Å². The van der Waals surface area contributed by atoms with Crippen molar-refractivity contribution in [2.45, 2.75) is 131 Å². The topological polar surface area (TPSA) is 155 Å². The van der Waals surface area contributed by atoms with Gasteiger partial charge in [-0.2, -0.15) is 0 Å². The van der Waals surface area contributed by atoms with E-state index in [1.807, 2.05) is 71.3 Å². The summed E-state index contributed by atoms with van der Waals surface area (Å²) in [5.74, 6) is 0.826. The molecule has 3 N–H and O–H groups in total. The van der Waals surface area contributed by atoms with Crippen molar-refractivity contribution in [2.24, 2.45) is 10.4 Å². The number of carbonyl (C=O) groups excluding carboxylic acids is 3. The Hall–Kier alpha value is -5.05. The largest absolute Gasteiger partial charge is 0.391 e. The number of aliphatic hydroxyl groups excluding tert-OH is 1. The van der Waals surface area contributed by atoms with Gasteiger partial charge in [0.05, 0.1) is 33.9 Å². The molecule has 0 bridgehead atoms. The molecule has 0 aliphatic carbocycles. The standard InChI is InChI=1S/C47H58N8O4S2/c1-26-30(5)61-46-39(26)40(49-29(4)43-53-52-31(6)55(43)46)34-17-15-32(16-18-34)13-11-10-12-14-38(57)51-42(47(7,8)9)45(59)54-24-36(56)23-37(54)44(58)50-27(2)33-19-21-35(22-20-33)41-28(3)48-25-60-41/h15-22,25,27,29,36-37,42,56H,10-14,23-24H2,1-9H3,(H,50,58)(H,51,57)/t27?,29-,36+,37-,42?/m0/s1. The fraction of sp³-hybridized carbons (Fsp3) is 0.468. The van der Waals surface area contributed by atoms with Crippen LogP contribution in [0.25, 0.3) is 15.4 Å². The number of aromatic nitrogens is 4. The lowest BCUT2D eigenvalue weighted by Crippen LogP contribution is -2.57. The molecule has 7 rings (SSSR count). The number of likely N-dealkylation sites (tertiary alicyclic amines) is 1. The van der Waals surface area contributed by atoms with Crippen molar-refractivity contribution < 1.29 is 19.5 Å². The lowest BCUT2D eigenvalue weighted by atomic mass is 9.85. The smallest absolute Gasteiger partial charge is 0.246 e. The normalized spacial score (nSPS) is 18.5. The second kappa shape index (κ2) is 18.1. The molecule has 2 aliphatic heterocycles. The third kappa shape index (κ3) is 9.41. The molecule has 61 heavy (non-hydrogen) atoms. The van der Waals surface area contributed by atoms with Gasteiger partial charge in [-0.15, -0.1) is 32.9 Å². The quantitative estimate of drug-likeness (QED) is 0.101. The van der Waals surface area contributed by atoms with Gasteiger partial charge >= 0.3 is 0 Å². The van der Waals surface area contributed by atoms with Crippen LogP contribution < -0.4 is 10.6 Å². The van der Waals surface area contributed by atoms with Crippen molar-refractivity contribution >= 4 is 46.1 Å². The number of thiazole rings is 1. The zero-order chi connectivity index (χ0) is 43.7. The number of aryl methyl sites for hydroxylation is 4. The van der Waals surface area contributed by atoms with Crippen LogP contribution in [0.3, 0.4) is 0 Å². The van der Waals surface area contributed by atoms with E-state index in [4.69, 9.17) is 4.99 Å². The first-order valence-corrected chi connectivity index (χ1v) is 23.0. The van der Waals surface area contributed by atoms with Gasteiger partial charge in [-0.1, -0.05) is 75.7 Å². The van der Waals surface area contributed by atoms with E-state index in [2.05, 4.69) is 75.4 Å². The van der Waals surface area contributed by atoms with Crippen LogP contribution in [0.4, 0.5) is 0 Å². The van der Waals surface area contributed by atoms with Crippen molar-refractivity contribution in [1.29, 1.82) is 0 Å². The van der Waals surface area contributed by atoms with E-state index in [1.165, 1.54) is 20.9 Å². The second-order valence-corrected chi connectivity index (χ2v) is 19.8. The van der Waals surface area contributed by atoms with Crippen LogP contribution in [0, 0.1) is 33.1 Å². The van der Waals surface area contributed by atoms with Crippen LogP contribution in [-0.2, 0) is 20.8 Å². The Balaban J connectivity index is 0.909. The Labute approximate surface area is 366 Å². The minimum atomic E-state index is -0.861. The predicted octanol–water partition coefficient (Wildman–Crippen LogP) is 8.07. The molecule has 0 radical (unpaired) electrons. The highest BCUT2D eigenvalue weighted by molar-refractivity contribution is 7.15. The predicted molar refractivity (Wildman–Crippen MR) is 242 cm³/mol. The van der Waals surface area contributed by atoms with Crippen LogP contribution in [0.5, 0.6) is 0 Å². The molecular weight excluding hydrogens is 805 g/mol. The molecule has 5 atom stereocenters. The molecule has 1 saturated heterocycles. The molecule has 0 spiro atoms. The summed E-state index contributed by atoms with van der Waals surface area (Å²) in [6, 6.07) is 14.5. The Morgan fingerprint density at radius 2 is 1.64 bits per heavy atom. The number of aliphatic hydroxyl groups is 1. The van der Waals surface area contributed by atoms with Gasteiger partial charge in [0.2, 0.25) is 17.7 Å². The summed E-state index contributed by atoms with van der Waals surface area (Å²) in [4.78, 5) is 54.5. The number of benzene rings is 2. The van der Waals surface area contributed by atoms with E-state index < -0.39 is 23.6 Å². The molecule has 2 aromatic carbocycles. The number of β-amino-alcohol motifs (C(OH)–C–C–N with tert-alkyl or cyclic N) is 1. The van der Waals surface area contributed by atoms with Crippen molar-refractivity contribution in [1.82, 2.24) is 35.3 Å². The third-order valence-electron chi connectivity index (χ3n) is 12.0. The Morgan fingerprint density at radius 1 is 0.934 bits per heavy atom. The van der Waals surface area contributed by atoms with Gasteiger partial charge in [-0.25, -0.2) is 4.98 Å². The molecule has 322 valence electrons. The second-order valence-electron chi connectivity index (χ2n) is 17.7. The van der Waals surface area contributed by atoms with Crippen LogP contribution in [0.15, 0.2) is 59.0 Å². The number of hydrogen-bond donors (Lipinski definition) is 3. The van der Waals surface area contributed by atoms with E-state index in [0.717, 1.165) is 74.4 Å². The third-order valence-corrected chi connectivity index (χ3v) is 14.2. The molecule has 14 heteroatoms. The van der Waals surface area contributed by atoms with Crippen molar-refractivity contribution in [3.63, 3.8) is 0 Å². The summed E-state index contributed by atoms with van der Waals surface area (Å²) in [5.41, 5.74) is 9.82. The highest BCUT2D eigenvalue weighted by atomic mass is 32.1. The summed E-state index contributed by atoms with van der Waals surface area (Å²) in [7, 11) is 0. The summed E-state index contributed by atoms with van der Waals surface area (Å²) in [6.45, 7) is 18.0. The number of amides is 3. The number of aliphatic imine (C=N–C) groups is 1. The van der Waals surface area contributed by atoms with Gasteiger partial charge in [0.1, 0.15) is 29.0 Å². The molecule has 2 unspecified atom stereocenters. The number of thiophene rings is 1. The van der Waals surface area contributed by atoms with Crippen LogP contribution >= 0.6 is 22.7 Å². The molecular formula is C47H58N8O4S2. The first kappa shape index (κ1) is 44.0. The first-order chi connectivity index (χ1) is 29.0. The molecule has 0 saturated carbocycles. The van der Waals surface area contributed by atoms with Crippen LogP contribution in [0.2, 0.25) is 0 Å². The Morgan fingerprint density at radius 3 is 2.31 bits per heavy atom. The average Bonchev–Trinajstić information content (AvgIpc) is 3.99. The lowest BCUT2D eigenvalue weighted by Gasteiger charge is -2.35. The Bertz CT molecular complexity index is 2420.